The summed E-state index contributed by atoms with van der Waals surface area (Å²) in [6.45, 7) is 8.09. The van der Waals surface area contributed by atoms with Gasteiger partial charge in [-0.2, -0.15) is 0 Å². The van der Waals surface area contributed by atoms with Gasteiger partial charge in [0.1, 0.15) is 17.8 Å². The van der Waals surface area contributed by atoms with Crippen LogP contribution in [0.5, 0.6) is 0 Å². The molecule has 2 saturated heterocycles. The van der Waals surface area contributed by atoms with E-state index in [2.05, 4.69) is 40.0 Å². The van der Waals surface area contributed by atoms with Gasteiger partial charge in [0, 0.05) is 38.0 Å². The molecular formula is C20H27N5O2. The van der Waals surface area contributed by atoms with Crippen molar-refractivity contribution in [1.29, 1.82) is 0 Å². The Hall–Kier alpha value is -2.41. The maximum atomic E-state index is 12.1. The molecule has 2 fully saturated rings. The van der Waals surface area contributed by atoms with E-state index >= 15 is 0 Å². The van der Waals surface area contributed by atoms with Crippen LogP contribution in [0.25, 0.3) is 11.0 Å². The average Bonchev–Trinajstić information content (AvgIpc) is 3.15. The summed E-state index contributed by atoms with van der Waals surface area (Å²) in [5.74, 6) is 1.31. The molecule has 4 rings (SSSR count). The minimum Gasteiger partial charge on any atom is -0.381 e. The summed E-state index contributed by atoms with van der Waals surface area (Å²) < 4.78 is 5.52. The van der Waals surface area contributed by atoms with E-state index in [4.69, 9.17) is 4.74 Å². The fourth-order valence-corrected chi connectivity index (χ4v) is 4.37. The first-order chi connectivity index (χ1) is 13.2. The number of fused-ring (bicyclic) bond motifs is 1. The molecule has 0 saturated carbocycles. The van der Waals surface area contributed by atoms with E-state index < -0.39 is 0 Å². The molecule has 1 amide bonds. The molecule has 0 spiro atoms. The van der Waals surface area contributed by atoms with Crippen molar-refractivity contribution >= 4 is 22.8 Å². The van der Waals surface area contributed by atoms with E-state index in [1.165, 1.54) is 11.6 Å². The number of likely N-dealkylation sites (tertiary alicyclic amines) is 1. The number of carbonyl (C=O) groups is 1. The fraction of sp³-hybridized carbons (Fsp3) is 0.550. The van der Waals surface area contributed by atoms with Crippen LogP contribution in [0.3, 0.4) is 0 Å². The Kier molecular flexibility index (Phi) is 5.11. The van der Waals surface area contributed by atoms with Crippen molar-refractivity contribution in [3.05, 3.63) is 30.7 Å². The molecule has 2 aliphatic rings. The Bertz CT molecular complexity index is 827. The summed E-state index contributed by atoms with van der Waals surface area (Å²) in [7, 11) is 0. The molecule has 0 radical (unpaired) electrons. The van der Waals surface area contributed by atoms with Gasteiger partial charge >= 0.3 is 0 Å². The summed E-state index contributed by atoms with van der Waals surface area (Å²) in [5.41, 5.74) is 2.12. The van der Waals surface area contributed by atoms with Crippen molar-refractivity contribution in [2.75, 3.05) is 25.1 Å². The number of amides is 1. The van der Waals surface area contributed by atoms with Crippen LogP contribution in [0, 0.1) is 0 Å². The third-order valence-corrected chi connectivity index (χ3v) is 5.93. The van der Waals surface area contributed by atoms with Crippen molar-refractivity contribution in [3.63, 3.8) is 0 Å². The maximum Gasteiger partial charge on any atom is 0.246 e. The van der Waals surface area contributed by atoms with E-state index in [0.29, 0.717) is 5.92 Å². The highest BCUT2D eigenvalue weighted by molar-refractivity contribution is 5.91. The zero-order valence-corrected chi connectivity index (χ0v) is 15.8. The predicted molar refractivity (Wildman–Crippen MR) is 105 cm³/mol. The molecule has 2 atom stereocenters. The zero-order valence-electron chi connectivity index (χ0n) is 15.8. The Morgan fingerprint density at radius 2 is 2.19 bits per heavy atom. The van der Waals surface area contributed by atoms with Crippen LogP contribution in [-0.4, -0.2) is 57.6 Å². The van der Waals surface area contributed by atoms with Gasteiger partial charge in [0.25, 0.3) is 0 Å². The molecular weight excluding hydrogens is 342 g/mol. The molecule has 7 nitrogen and oxygen atoms in total. The van der Waals surface area contributed by atoms with E-state index in [1.807, 2.05) is 4.90 Å². The number of ether oxygens (including phenoxy) is 1. The lowest BCUT2D eigenvalue weighted by molar-refractivity contribution is -0.129. The first kappa shape index (κ1) is 18.0. The second-order valence-corrected chi connectivity index (χ2v) is 7.45. The number of piperidine rings is 1. The SMILES string of the molecule is C=CC(=O)N1CCC[C@@H](Nc2ncnc3[nH]cc(C4CCOCC4)c23)[C@H]1C. The first-order valence-electron chi connectivity index (χ1n) is 9.78. The number of anilines is 1. The highest BCUT2D eigenvalue weighted by Crippen LogP contribution is 2.35. The highest BCUT2D eigenvalue weighted by atomic mass is 16.5. The lowest BCUT2D eigenvalue weighted by Gasteiger charge is -2.39. The molecule has 0 aliphatic carbocycles. The second-order valence-electron chi connectivity index (χ2n) is 7.45. The van der Waals surface area contributed by atoms with Gasteiger partial charge in [-0.15, -0.1) is 0 Å². The summed E-state index contributed by atoms with van der Waals surface area (Å²) in [5, 5.41) is 4.69. The minimum absolute atomic E-state index is 0.00799. The van der Waals surface area contributed by atoms with Crippen LogP contribution in [0.2, 0.25) is 0 Å². The monoisotopic (exact) mass is 369 g/mol. The molecule has 2 N–H and O–H groups in total. The number of aromatic nitrogens is 3. The zero-order chi connectivity index (χ0) is 18.8. The topological polar surface area (TPSA) is 83.1 Å². The smallest absolute Gasteiger partial charge is 0.246 e. The number of H-pyrrole nitrogens is 1. The summed E-state index contributed by atoms with van der Waals surface area (Å²) in [4.78, 5) is 26.3. The average molecular weight is 369 g/mol. The van der Waals surface area contributed by atoms with Crippen molar-refractivity contribution < 1.29 is 9.53 Å². The molecule has 2 aliphatic heterocycles. The van der Waals surface area contributed by atoms with Gasteiger partial charge in [-0.1, -0.05) is 6.58 Å². The molecule has 4 heterocycles. The van der Waals surface area contributed by atoms with Crippen molar-refractivity contribution in [1.82, 2.24) is 19.9 Å². The van der Waals surface area contributed by atoms with Gasteiger partial charge in [-0.3, -0.25) is 4.79 Å². The lowest BCUT2D eigenvalue weighted by Crippen LogP contribution is -2.51. The van der Waals surface area contributed by atoms with Gasteiger partial charge in [0.2, 0.25) is 5.91 Å². The number of nitrogens with one attached hydrogen (secondary N) is 2. The van der Waals surface area contributed by atoms with Crippen LogP contribution in [-0.2, 0) is 9.53 Å². The number of aromatic amines is 1. The van der Waals surface area contributed by atoms with Gasteiger partial charge in [-0.25, -0.2) is 9.97 Å². The molecule has 2 aromatic heterocycles. The number of hydrogen-bond acceptors (Lipinski definition) is 5. The summed E-state index contributed by atoms with van der Waals surface area (Å²) in [6, 6.07) is 0.234. The Morgan fingerprint density at radius 3 is 2.96 bits per heavy atom. The normalized spacial score (nSPS) is 24.1. The standard InChI is InChI=1S/C20H27N5O2/c1-3-17(26)25-8-4-5-16(13(25)2)24-20-18-15(14-6-9-27-10-7-14)11-21-19(18)22-12-23-20/h3,11-14,16H,1,4-10H2,2H3,(H2,21,22,23,24)/t13-,16-/m1/s1. The van der Waals surface area contributed by atoms with Crippen molar-refractivity contribution in [2.45, 2.75) is 50.6 Å². The molecule has 2 aromatic rings. The van der Waals surface area contributed by atoms with E-state index in [1.54, 1.807) is 6.33 Å². The van der Waals surface area contributed by atoms with E-state index in [9.17, 15) is 4.79 Å². The molecule has 0 bridgehead atoms. The maximum absolute atomic E-state index is 12.1. The molecule has 144 valence electrons. The Morgan fingerprint density at radius 1 is 1.37 bits per heavy atom. The van der Waals surface area contributed by atoms with Crippen LogP contribution in [0.4, 0.5) is 5.82 Å². The van der Waals surface area contributed by atoms with Crippen LogP contribution in [0.15, 0.2) is 25.2 Å². The highest BCUT2D eigenvalue weighted by Gasteiger charge is 2.31. The first-order valence-corrected chi connectivity index (χ1v) is 9.78. The van der Waals surface area contributed by atoms with Gasteiger partial charge in [0.15, 0.2) is 0 Å². The fourth-order valence-electron chi connectivity index (χ4n) is 4.37. The number of hydrogen-bond donors (Lipinski definition) is 2. The Balaban J connectivity index is 1.62. The lowest BCUT2D eigenvalue weighted by atomic mass is 9.91. The van der Waals surface area contributed by atoms with Crippen molar-refractivity contribution in [2.24, 2.45) is 0 Å². The Labute approximate surface area is 159 Å². The quantitative estimate of drug-likeness (QED) is 0.810. The van der Waals surface area contributed by atoms with E-state index in [-0.39, 0.29) is 18.0 Å². The number of nitrogens with zero attached hydrogens (tertiary/aromatic N) is 3. The third kappa shape index (κ3) is 3.43. The van der Waals surface area contributed by atoms with Crippen LogP contribution in [0.1, 0.15) is 44.1 Å². The minimum atomic E-state index is -0.00799. The second kappa shape index (κ2) is 7.68. The number of carbonyl (C=O) groups excluding carboxylic acids is 1. The molecule has 7 heteroatoms. The van der Waals surface area contributed by atoms with Crippen molar-refractivity contribution in [3.8, 4) is 0 Å². The molecule has 0 aromatic carbocycles. The predicted octanol–water partition coefficient (Wildman–Crippen LogP) is 2.83. The van der Waals surface area contributed by atoms with Gasteiger partial charge < -0.3 is 19.9 Å². The van der Waals surface area contributed by atoms with Crippen LogP contribution >= 0.6 is 0 Å². The largest absolute Gasteiger partial charge is 0.381 e. The third-order valence-electron chi connectivity index (χ3n) is 5.93. The number of rotatable bonds is 4. The molecule has 27 heavy (non-hydrogen) atoms. The van der Waals surface area contributed by atoms with Crippen LogP contribution < -0.4 is 5.32 Å². The molecule has 0 unspecified atom stereocenters. The van der Waals surface area contributed by atoms with Gasteiger partial charge in [-0.05, 0) is 50.2 Å². The van der Waals surface area contributed by atoms with Gasteiger partial charge in [0.05, 0.1) is 5.39 Å². The summed E-state index contributed by atoms with van der Waals surface area (Å²) in [6.07, 6.45) is 9.07. The summed E-state index contributed by atoms with van der Waals surface area (Å²) >= 11 is 0. The van der Waals surface area contributed by atoms with E-state index in [0.717, 1.165) is 62.3 Å².